The van der Waals surface area contributed by atoms with Crippen LogP contribution in [0.15, 0.2) is 35.9 Å². The molecule has 2 fully saturated rings. The Kier molecular flexibility index (Phi) is 5.30. The molecule has 128 valence electrons. The third kappa shape index (κ3) is 3.67. The first-order chi connectivity index (χ1) is 11.7. The zero-order valence-electron chi connectivity index (χ0n) is 14.1. The second-order valence-corrected chi connectivity index (χ2v) is 6.33. The lowest BCUT2D eigenvalue weighted by Crippen LogP contribution is -2.51. The molecule has 2 aliphatic rings. The first-order valence-corrected chi connectivity index (χ1v) is 8.57. The number of carbonyl (C=O) groups excluding carboxylic acids is 2. The first-order valence-electron chi connectivity index (χ1n) is 8.57. The van der Waals surface area contributed by atoms with Gasteiger partial charge in [-0.05, 0) is 31.4 Å². The summed E-state index contributed by atoms with van der Waals surface area (Å²) in [6.45, 7) is 4.88. The Morgan fingerprint density at radius 1 is 1.12 bits per heavy atom. The summed E-state index contributed by atoms with van der Waals surface area (Å²) in [6.07, 6.45) is 3.52. The Hall–Kier alpha value is -2.14. The van der Waals surface area contributed by atoms with Crippen LogP contribution >= 0.6 is 0 Å². The van der Waals surface area contributed by atoms with E-state index in [2.05, 4.69) is 0 Å². The molecule has 2 heterocycles. The number of ether oxygens (including phenoxy) is 1. The Bertz CT molecular complexity index is 621. The second kappa shape index (κ2) is 7.62. The Balaban J connectivity index is 1.71. The molecule has 1 aromatic carbocycles. The van der Waals surface area contributed by atoms with Crippen LogP contribution in [-0.4, -0.2) is 60.5 Å². The van der Waals surface area contributed by atoms with Gasteiger partial charge in [-0.2, -0.15) is 0 Å². The topological polar surface area (TPSA) is 49.9 Å². The predicted octanol–water partition coefficient (Wildman–Crippen LogP) is 1.94. The lowest BCUT2D eigenvalue weighted by atomic mass is 10.1. The van der Waals surface area contributed by atoms with E-state index >= 15 is 0 Å². The molecule has 3 rings (SSSR count). The van der Waals surface area contributed by atoms with Crippen molar-refractivity contribution in [2.24, 2.45) is 0 Å². The van der Waals surface area contributed by atoms with Gasteiger partial charge in [0.15, 0.2) is 0 Å². The van der Waals surface area contributed by atoms with E-state index in [0.29, 0.717) is 38.4 Å². The maximum atomic E-state index is 12.8. The lowest BCUT2D eigenvalue weighted by molar-refractivity contribution is -0.144. The molecule has 0 unspecified atom stereocenters. The smallest absolute Gasteiger partial charge is 0.250 e. The standard InChI is InChI=1S/C19H24N2O3/c1-15(14-16-6-3-2-4-7-16)18(22)21-9-5-8-17(21)19(23)20-10-12-24-13-11-20/h2-4,6-7,14,17H,5,8-13H2,1H3/b15-14+/t17-/m1/s1. The lowest BCUT2D eigenvalue weighted by Gasteiger charge is -2.32. The molecule has 0 aromatic heterocycles. The van der Waals surface area contributed by atoms with Gasteiger partial charge in [0.2, 0.25) is 11.8 Å². The SMILES string of the molecule is C/C(=C\c1ccccc1)C(=O)N1CCC[C@@H]1C(=O)N1CCOCC1. The molecule has 0 radical (unpaired) electrons. The molecular weight excluding hydrogens is 304 g/mol. The van der Waals surface area contributed by atoms with Crippen LogP contribution in [0.1, 0.15) is 25.3 Å². The van der Waals surface area contributed by atoms with Crippen molar-refractivity contribution in [2.75, 3.05) is 32.8 Å². The average Bonchev–Trinajstić information content (AvgIpc) is 3.11. The molecule has 5 nitrogen and oxygen atoms in total. The Labute approximate surface area is 142 Å². The van der Waals surface area contributed by atoms with Crippen molar-refractivity contribution in [3.8, 4) is 0 Å². The maximum Gasteiger partial charge on any atom is 0.250 e. The Morgan fingerprint density at radius 3 is 2.54 bits per heavy atom. The van der Waals surface area contributed by atoms with Crippen LogP contribution in [0.3, 0.4) is 0 Å². The summed E-state index contributed by atoms with van der Waals surface area (Å²) < 4.78 is 5.31. The van der Waals surface area contributed by atoms with Crippen LogP contribution in [0, 0.1) is 0 Å². The van der Waals surface area contributed by atoms with Crippen molar-refractivity contribution in [1.29, 1.82) is 0 Å². The van der Waals surface area contributed by atoms with E-state index in [-0.39, 0.29) is 17.9 Å². The largest absolute Gasteiger partial charge is 0.378 e. The zero-order chi connectivity index (χ0) is 16.9. The molecule has 0 spiro atoms. The fourth-order valence-electron chi connectivity index (χ4n) is 3.35. The molecular formula is C19H24N2O3. The fraction of sp³-hybridized carbons (Fsp3) is 0.474. The minimum absolute atomic E-state index is 0.0389. The molecule has 5 heteroatoms. The van der Waals surface area contributed by atoms with Crippen molar-refractivity contribution in [1.82, 2.24) is 9.80 Å². The van der Waals surface area contributed by atoms with Gasteiger partial charge in [0.05, 0.1) is 13.2 Å². The van der Waals surface area contributed by atoms with E-state index in [9.17, 15) is 9.59 Å². The quantitative estimate of drug-likeness (QED) is 0.797. The van der Waals surface area contributed by atoms with Crippen LogP contribution in [0.4, 0.5) is 0 Å². The van der Waals surface area contributed by atoms with Gasteiger partial charge < -0.3 is 14.5 Å². The summed E-state index contributed by atoms with van der Waals surface area (Å²) in [5.74, 6) is 0.0274. The van der Waals surface area contributed by atoms with E-state index in [1.165, 1.54) is 0 Å². The normalized spacial score (nSPS) is 21.9. The highest BCUT2D eigenvalue weighted by molar-refractivity contribution is 6.00. The third-order valence-electron chi connectivity index (χ3n) is 4.64. The van der Waals surface area contributed by atoms with E-state index in [1.807, 2.05) is 48.2 Å². The summed E-state index contributed by atoms with van der Waals surface area (Å²) in [4.78, 5) is 29.1. The molecule has 2 saturated heterocycles. The summed E-state index contributed by atoms with van der Waals surface area (Å²) in [7, 11) is 0. The molecule has 2 aliphatic heterocycles. The molecule has 1 aromatic rings. The van der Waals surface area contributed by atoms with Crippen molar-refractivity contribution in [3.63, 3.8) is 0 Å². The molecule has 2 amide bonds. The highest BCUT2D eigenvalue weighted by Gasteiger charge is 2.37. The van der Waals surface area contributed by atoms with E-state index in [1.54, 1.807) is 4.90 Å². The highest BCUT2D eigenvalue weighted by Crippen LogP contribution is 2.22. The fourth-order valence-corrected chi connectivity index (χ4v) is 3.35. The first kappa shape index (κ1) is 16.7. The summed E-state index contributed by atoms with van der Waals surface area (Å²) >= 11 is 0. The van der Waals surface area contributed by atoms with Gasteiger partial charge in [0, 0.05) is 25.2 Å². The Morgan fingerprint density at radius 2 is 1.83 bits per heavy atom. The van der Waals surface area contributed by atoms with Gasteiger partial charge in [0.25, 0.3) is 0 Å². The predicted molar refractivity (Wildman–Crippen MR) is 92.2 cm³/mol. The molecule has 0 bridgehead atoms. The van der Waals surface area contributed by atoms with Gasteiger partial charge in [-0.3, -0.25) is 9.59 Å². The number of benzene rings is 1. The maximum absolute atomic E-state index is 12.8. The monoisotopic (exact) mass is 328 g/mol. The molecule has 0 N–H and O–H groups in total. The number of nitrogens with zero attached hydrogens (tertiary/aromatic N) is 2. The number of amides is 2. The second-order valence-electron chi connectivity index (χ2n) is 6.33. The molecule has 24 heavy (non-hydrogen) atoms. The van der Waals surface area contributed by atoms with Crippen molar-refractivity contribution < 1.29 is 14.3 Å². The third-order valence-corrected chi connectivity index (χ3v) is 4.64. The van der Waals surface area contributed by atoms with Crippen LogP contribution in [0.2, 0.25) is 0 Å². The summed E-state index contributed by atoms with van der Waals surface area (Å²) in [5, 5.41) is 0. The van der Waals surface area contributed by atoms with Crippen LogP contribution in [-0.2, 0) is 14.3 Å². The summed E-state index contributed by atoms with van der Waals surface area (Å²) in [5.41, 5.74) is 1.67. The number of morpholine rings is 1. The zero-order valence-corrected chi connectivity index (χ0v) is 14.1. The van der Waals surface area contributed by atoms with E-state index in [4.69, 9.17) is 4.74 Å². The van der Waals surface area contributed by atoms with Crippen molar-refractivity contribution >= 4 is 17.9 Å². The molecule has 0 saturated carbocycles. The molecule has 1 atom stereocenters. The molecule has 0 aliphatic carbocycles. The number of carbonyl (C=O) groups is 2. The van der Waals surface area contributed by atoms with Crippen molar-refractivity contribution in [2.45, 2.75) is 25.8 Å². The van der Waals surface area contributed by atoms with Crippen molar-refractivity contribution in [3.05, 3.63) is 41.5 Å². The van der Waals surface area contributed by atoms with Gasteiger partial charge in [-0.25, -0.2) is 0 Å². The van der Waals surface area contributed by atoms with E-state index in [0.717, 1.165) is 18.4 Å². The minimum Gasteiger partial charge on any atom is -0.378 e. The van der Waals surface area contributed by atoms with Gasteiger partial charge in [-0.15, -0.1) is 0 Å². The number of hydrogen-bond acceptors (Lipinski definition) is 3. The number of likely N-dealkylation sites (tertiary alicyclic amines) is 1. The average molecular weight is 328 g/mol. The van der Waals surface area contributed by atoms with Gasteiger partial charge in [0.1, 0.15) is 6.04 Å². The van der Waals surface area contributed by atoms with E-state index < -0.39 is 0 Å². The van der Waals surface area contributed by atoms with Crippen LogP contribution < -0.4 is 0 Å². The van der Waals surface area contributed by atoms with Crippen LogP contribution in [0.25, 0.3) is 6.08 Å². The minimum atomic E-state index is -0.324. The van der Waals surface area contributed by atoms with Gasteiger partial charge >= 0.3 is 0 Å². The summed E-state index contributed by atoms with van der Waals surface area (Å²) in [6, 6.07) is 9.46. The highest BCUT2D eigenvalue weighted by atomic mass is 16.5. The number of rotatable bonds is 3. The number of hydrogen-bond donors (Lipinski definition) is 0. The van der Waals surface area contributed by atoms with Crippen LogP contribution in [0.5, 0.6) is 0 Å². The van der Waals surface area contributed by atoms with Gasteiger partial charge in [-0.1, -0.05) is 30.3 Å².